The molecule has 2 heterocycles. The van der Waals surface area contributed by atoms with Gasteiger partial charge in [0.05, 0.1) is 24.4 Å². The van der Waals surface area contributed by atoms with E-state index in [9.17, 15) is 18.4 Å². The lowest BCUT2D eigenvalue weighted by Gasteiger charge is -2.17. The number of nitrogens with one attached hydrogen (secondary N) is 1. The van der Waals surface area contributed by atoms with E-state index < -0.39 is 23.5 Å². The second kappa shape index (κ2) is 8.19. The summed E-state index contributed by atoms with van der Waals surface area (Å²) >= 11 is 1.27. The highest BCUT2D eigenvalue weighted by molar-refractivity contribution is 7.14. The molecule has 1 N–H and O–H groups in total. The van der Waals surface area contributed by atoms with E-state index >= 15 is 0 Å². The van der Waals surface area contributed by atoms with Gasteiger partial charge in [-0.15, -0.1) is 11.3 Å². The van der Waals surface area contributed by atoms with E-state index in [0.29, 0.717) is 16.9 Å². The van der Waals surface area contributed by atoms with Crippen molar-refractivity contribution in [2.24, 2.45) is 5.92 Å². The van der Waals surface area contributed by atoms with E-state index in [1.54, 1.807) is 7.11 Å². The fourth-order valence-electron chi connectivity index (χ4n) is 3.25. The Morgan fingerprint density at radius 1 is 1.23 bits per heavy atom. The Balaban J connectivity index is 1.43. The lowest BCUT2D eigenvalue weighted by Crippen LogP contribution is -2.28. The van der Waals surface area contributed by atoms with Crippen LogP contribution in [0.5, 0.6) is 5.75 Å². The number of hydrogen-bond donors (Lipinski definition) is 1. The monoisotopic (exact) mass is 429 g/mol. The van der Waals surface area contributed by atoms with Gasteiger partial charge in [0.25, 0.3) is 0 Å². The highest BCUT2D eigenvalue weighted by Crippen LogP contribution is 2.30. The number of halogens is 2. The van der Waals surface area contributed by atoms with Crippen LogP contribution < -0.4 is 15.0 Å². The van der Waals surface area contributed by atoms with Gasteiger partial charge in [-0.25, -0.2) is 13.8 Å². The van der Waals surface area contributed by atoms with Gasteiger partial charge < -0.3 is 15.0 Å². The maximum Gasteiger partial charge on any atom is 0.231 e. The van der Waals surface area contributed by atoms with Gasteiger partial charge in [0.15, 0.2) is 5.13 Å². The fraction of sp³-hybridized carbons (Fsp3) is 0.190. The first-order chi connectivity index (χ1) is 14.4. The van der Waals surface area contributed by atoms with E-state index in [1.165, 1.54) is 22.3 Å². The number of anilines is 2. The first-order valence-corrected chi connectivity index (χ1v) is 9.99. The SMILES string of the molecule is COc1ccc(-c2csc(NC(=O)C3CC(=O)N(c4ccc(F)cc4F)C3)n2)cc1. The van der Waals surface area contributed by atoms with Crippen molar-refractivity contribution in [3.05, 3.63) is 59.5 Å². The molecule has 1 unspecified atom stereocenters. The molecule has 9 heteroatoms. The maximum atomic E-state index is 14.0. The van der Waals surface area contributed by atoms with E-state index in [1.807, 2.05) is 29.6 Å². The van der Waals surface area contributed by atoms with Crippen molar-refractivity contribution in [3.63, 3.8) is 0 Å². The highest BCUT2D eigenvalue weighted by Gasteiger charge is 2.36. The van der Waals surface area contributed by atoms with Crippen LogP contribution in [0.15, 0.2) is 47.8 Å². The van der Waals surface area contributed by atoms with Gasteiger partial charge in [-0.05, 0) is 36.4 Å². The molecule has 0 spiro atoms. The normalized spacial score (nSPS) is 16.0. The zero-order valence-electron chi connectivity index (χ0n) is 15.9. The molecule has 1 aliphatic heterocycles. The van der Waals surface area contributed by atoms with Crippen molar-refractivity contribution in [1.82, 2.24) is 4.98 Å². The standard InChI is InChI=1S/C21H17F2N3O3S/c1-29-15-5-2-12(3-6-15)17-11-30-21(24-17)25-20(28)13-8-19(27)26(10-13)18-7-4-14(22)9-16(18)23/h2-7,9,11,13H,8,10H2,1H3,(H,24,25,28). The molecule has 6 nitrogen and oxygen atoms in total. The minimum atomic E-state index is -0.839. The van der Waals surface area contributed by atoms with Gasteiger partial charge in [0.2, 0.25) is 11.8 Å². The van der Waals surface area contributed by atoms with Gasteiger partial charge in [0.1, 0.15) is 17.4 Å². The Morgan fingerprint density at radius 2 is 2.00 bits per heavy atom. The van der Waals surface area contributed by atoms with Crippen LogP contribution in [-0.2, 0) is 9.59 Å². The minimum absolute atomic E-state index is 0.0178. The van der Waals surface area contributed by atoms with Crippen LogP contribution in [0, 0.1) is 17.6 Å². The number of carbonyl (C=O) groups excluding carboxylic acids is 2. The van der Waals surface area contributed by atoms with Gasteiger partial charge in [-0.2, -0.15) is 0 Å². The Bertz CT molecular complexity index is 1100. The first-order valence-electron chi connectivity index (χ1n) is 9.11. The second-order valence-corrected chi connectivity index (χ2v) is 7.61. The van der Waals surface area contributed by atoms with Crippen molar-refractivity contribution in [2.75, 3.05) is 23.9 Å². The molecule has 1 aliphatic rings. The summed E-state index contributed by atoms with van der Waals surface area (Å²) in [6.07, 6.45) is -0.0562. The van der Waals surface area contributed by atoms with E-state index in [-0.39, 0.29) is 24.6 Å². The van der Waals surface area contributed by atoms with Gasteiger partial charge in [-0.1, -0.05) is 0 Å². The number of ether oxygens (including phenoxy) is 1. The molecule has 0 bridgehead atoms. The molecule has 1 fully saturated rings. The van der Waals surface area contributed by atoms with Crippen LogP contribution in [0.3, 0.4) is 0 Å². The number of hydrogen-bond acceptors (Lipinski definition) is 5. The van der Waals surface area contributed by atoms with Crippen molar-refractivity contribution < 1.29 is 23.1 Å². The van der Waals surface area contributed by atoms with E-state index in [4.69, 9.17) is 4.74 Å². The Labute approximate surface area is 175 Å². The molecule has 3 aromatic rings. The summed E-state index contributed by atoms with van der Waals surface area (Å²) in [4.78, 5) is 30.5. The Hall–Kier alpha value is -3.33. The number of benzene rings is 2. The maximum absolute atomic E-state index is 14.0. The van der Waals surface area contributed by atoms with Crippen LogP contribution in [0.4, 0.5) is 19.6 Å². The van der Waals surface area contributed by atoms with Gasteiger partial charge in [-0.3, -0.25) is 9.59 Å². The summed E-state index contributed by atoms with van der Waals surface area (Å²) in [5, 5.41) is 4.95. The predicted octanol–water partition coefficient (Wildman–Crippen LogP) is 4.09. The predicted molar refractivity (Wildman–Crippen MR) is 110 cm³/mol. The summed E-state index contributed by atoms with van der Waals surface area (Å²) in [6.45, 7) is 0.0178. The highest BCUT2D eigenvalue weighted by atomic mass is 32.1. The molecule has 0 saturated carbocycles. The number of carbonyl (C=O) groups is 2. The number of amides is 2. The Kier molecular flexibility index (Phi) is 5.45. The third-order valence-electron chi connectivity index (χ3n) is 4.82. The molecule has 4 rings (SSSR count). The van der Waals surface area contributed by atoms with Crippen LogP contribution in [0.2, 0.25) is 0 Å². The summed E-state index contributed by atoms with van der Waals surface area (Å²) in [5.74, 6) is -2.25. The average Bonchev–Trinajstić information content (AvgIpc) is 3.35. The topological polar surface area (TPSA) is 71.5 Å². The molecule has 1 saturated heterocycles. The lowest BCUT2D eigenvalue weighted by molar-refractivity contribution is -0.122. The lowest BCUT2D eigenvalue weighted by atomic mass is 10.1. The summed E-state index contributed by atoms with van der Waals surface area (Å²) in [6, 6.07) is 10.4. The third kappa shape index (κ3) is 4.02. The average molecular weight is 429 g/mol. The molecule has 2 amide bonds. The number of rotatable bonds is 5. The van der Waals surface area contributed by atoms with Crippen molar-refractivity contribution in [2.45, 2.75) is 6.42 Å². The number of aromatic nitrogens is 1. The molecule has 154 valence electrons. The molecule has 2 aromatic carbocycles. The van der Waals surface area contributed by atoms with Gasteiger partial charge in [0, 0.05) is 30.0 Å². The summed E-state index contributed by atoms with van der Waals surface area (Å²) in [7, 11) is 1.59. The molecule has 0 radical (unpaired) electrons. The summed E-state index contributed by atoms with van der Waals surface area (Å²) < 4.78 is 32.3. The smallest absolute Gasteiger partial charge is 0.231 e. The van der Waals surface area contributed by atoms with Crippen LogP contribution >= 0.6 is 11.3 Å². The van der Waals surface area contributed by atoms with E-state index in [2.05, 4.69) is 10.3 Å². The molecule has 30 heavy (non-hydrogen) atoms. The quantitative estimate of drug-likeness (QED) is 0.663. The van der Waals surface area contributed by atoms with Crippen molar-refractivity contribution >= 4 is 34.0 Å². The number of methoxy groups -OCH3 is 1. The molecule has 0 aliphatic carbocycles. The first kappa shape index (κ1) is 20.0. The molecule has 1 aromatic heterocycles. The number of nitrogens with zero attached hydrogens (tertiary/aromatic N) is 2. The summed E-state index contributed by atoms with van der Waals surface area (Å²) in [5.41, 5.74) is 1.55. The Morgan fingerprint density at radius 3 is 2.70 bits per heavy atom. The molecular formula is C21H17F2N3O3S. The zero-order valence-corrected chi connectivity index (χ0v) is 16.7. The van der Waals surface area contributed by atoms with Crippen LogP contribution in [-0.4, -0.2) is 30.5 Å². The second-order valence-electron chi connectivity index (χ2n) is 6.76. The van der Waals surface area contributed by atoms with E-state index in [0.717, 1.165) is 17.4 Å². The fourth-order valence-corrected chi connectivity index (χ4v) is 3.97. The van der Waals surface area contributed by atoms with Crippen molar-refractivity contribution in [3.8, 4) is 17.0 Å². The minimum Gasteiger partial charge on any atom is -0.497 e. The molecular weight excluding hydrogens is 412 g/mol. The van der Waals surface area contributed by atoms with Crippen molar-refractivity contribution in [1.29, 1.82) is 0 Å². The number of thiazole rings is 1. The van der Waals surface area contributed by atoms with Crippen LogP contribution in [0.1, 0.15) is 6.42 Å². The van der Waals surface area contributed by atoms with Gasteiger partial charge >= 0.3 is 0 Å². The third-order valence-corrected chi connectivity index (χ3v) is 5.57. The largest absolute Gasteiger partial charge is 0.497 e. The molecule has 1 atom stereocenters. The zero-order chi connectivity index (χ0) is 21.3. The van der Waals surface area contributed by atoms with Crippen LogP contribution in [0.25, 0.3) is 11.3 Å².